The van der Waals surface area contributed by atoms with Crippen LogP contribution in [-0.4, -0.2) is 17.0 Å². The SMILES string of the molecule is Cc1cc(C)c(Nc2cc(C)nc(N(C)c3ccccc3)n2)c(C)c1. The van der Waals surface area contributed by atoms with E-state index in [1.54, 1.807) is 0 Å². The first-order valence-electron chi connectivity index (χ1n) is 8.43. The van der Waals surface area contributed by atoms with Crippen LogP contribution in [0, 0.1) is 27.7 Å². The van der Waals surface area contributed by atoms with Gasteiger partial charge < -0.3 is 10.2 Å². The second kappa shape index (κ2) is 6.93. The van der Waals surface area contributed by atoms with Crippen LogP contribution in [0.25, 0.3) is 0 Å². The molecule has 0 unspecified atom stereocenters. The molecule has 128 valence electrons. The average Bonchev–Trinajstić information content (AvgIpc) is 2.58. The summed E-state index contributed by atoms with van der Waals surface area (Å²) in [5, 5.41) is 3.48. The Hall–Kier alpha value is -2.88. The summed E-state index contributed by atoms with van der Waals surface area (Å²) in [6, 6.07) is 16.5. The van der Waals surface area contributed by atoms with Crippen molar-refractivity contribution in [2.24, 2.45) is 0 Å². The molecule has 1 aromatic heterocycles. The molecule has 0 amide bonds. The van der Waals surface area contributed by atoms with Gasteiger partial charge in [0.1, 0.15) is 5.82 Å². The molecule has 0 spiro atoms. The Morgan fingerprint density at radius 2 is 1.48 bits per heavy atom. The Kier molecular flexibility index (Phi) is 4.70. The van der Waals surface area contributed by atoms with Crippen LogP contribution in [-0.2, 0) is 0 Å². The molecule has 0 atom stereocenters. The lowest BCUT2D eigenvalue weighted by molar-refractivity contribution is 1.02. The maximum Gasteiger partial charge on any atom is 0.231 e. The largest absolute Gasteiger partial charge is 0.340 e. The molecule has 0 saturated carbocycles. The monoisotopic (exact) mass is 332 g/mol. The van der Waals surface area contributed by atoms with Crippen molar-refractivity contribution in [2.75, 3.05) is 17.3 Å². The number of anilines is 4. The fourth-order valence-corrected chi connectivity index (χ4v) is 3.04. The molecule has 0 saturated heterocycles. The number of para-hydroxylation sites is 1. The molecule has 2 aromatic carbocycles. The third-order valence-corrected chi connectivity index (χ3v) is 4.22. The van der Waals surface area contributed by atoms with E-state index in [4.69, 9.17) is 4.98 Å². The zero-order valence-electron chi connectivity index (χ0n) is 15.5. The van der Waals surface area contributed by atoms with Gasteiger partial charge in [0.05, 0.1) is 0 Å². The van der Waals surface area contributed by atoms with Gasteiger partial charge in [-0.05, 0) is 51.0 Å². The molecule has 1 N–H and O–H groups in total. The fourth-order valence-electron chi connectivity index (χ4n) is 3.04. The third kappa shape index (κ3) is 3.79. The standard InChI is InChI=1S/C21H24N4/c1-14-11-15(2)20(16(3)12-14)23-19-13-17(4)22-21(24-19)25(5)18-9-7-6-8-10-18/h6-13H,1-5H3,(H,22,23,24). The van der Waals surface area contributed by atoms with Gasteiger partial charge in [0, 0.05) is 30.2 Å². The Morgan fingerprint density at radius 1 is 0.840 bits per heavy atom. The number of nitrogens with zero attached hydrogens (tertiary/aromatic N) is 3. The van der Waals surface area contributed by atoms with Crippen molar-refractivity contribution in [3.63, 3.8) is 0 Å². The number of hydrogen-bond acceptors (Lipinski definition) is 4. The molecule has 0 aliphatic carbocycles. The lowest BCUT2D eigenvalue weighted by Gasteiger charge is -2.19. The summed E-state index contributed by atoms with van der Waals surface area (Å²) >= 11 is 0. The lowest BCUT2D eigenvalue weighted by atomic mass is 10.1. The first kappa shape index (κ1) is 17.0. The molecular weight excluding hydrogens is 308 g/mol. The first-order valence-corrected chi connectivity index (χ1v) is 8.43. The minimum absolute atomic E-state index is 0.677. The normalized spacial score (nSPS) is 10.6. The number of nitrogens with one attached hydrogen (secondary N) is 1. The first-order chi connectivity index (χ1) is 11.9. The Morgan fingerprint density at radius 3 is 2.12 bits per heavy atom. The summed E-state index contributed by atoms with van der Waals surface area (Å²) in [5.74, 6) is 1.48. The van der Waals surface area contributed by atoms with Crippen LogP contribution in [0.5, 0.6) is 0 Å². The molecule has 3 rings (SSSR count). The van der Waals surface area contributed by atoms with Crippen LogP contribution in [0.3, 0.4) is 0 Å². The number of hydrogen-bond donors (Lipinski definition) is 1. The average molecular weight is 332 g/mol. The summed E-state index contributed by atoms with van der Waals surface area (Å²) in [6.07, 6.45) is 0. The van der Waals surface area contributed by atoms with Gasteiger partial charge in [-0.15, -0.1) is 0 Å². The zero-order valence-corrected chi connectivity index (χ0v) is 15.5. The Labute approximate surface area is 149 Å². The predicted octanol–water partition coefficient (Wildman–Crippen LogP) is 5.22. The molecular formula is C21H24N4. The fraction of sp³-hybridized carbons (Fsp3) is 0.238. The van der Waals surface area contributed by atoms with Crippen molar-refractivity contribution in [2.45, 2.75) is 27.7 Å². The highest BCUT2D eigenvalue weighted by molar-refractivity contribution is 5.67. The van der Waals surface area contributed by atoms with Crippen LogP contribution < -0.4 is 10.2 Å². The molecule has 0 aliphatic heterocycles. The van der Waals surface area contributed by atoms with Gasteiger partial charge in [0.25, 0.3) is 0 Å². The van der Waals surface area contributed by atoms with Crippen LogP contribution in [0.15, 0.2) is 48.5 Å². The quantitative estimate of drug-likeness (QED) is 0.711. The molecule has 4 heteroatoms. The summed E-state index contributed by atoms with van der Waals surface area (Å²) in [7, 11) is 1.98. The number of benzene rings is 2. The van der Waals surface area contributed by atoms with E-state index >= 15 is 0 Å². The number of aryl methyl sites for hydroxylation is 4. The van der Waals surface area contributed by atoms with E-state index < -0.39 is 0 Å². The van der Waals surface area contributed by atoms with Gasteiger partial charge in [-0.1, -0.05) is 35.9 Å². The number of aromatic nitrogens is 2. The summed E-state index contributed by atoms with van der Waals surface area (Å²) < 4.78 is 0. The molecule has 3 aromatic rings. The van der Waals surface area contributed by atoms with E-state index in [0.717, 1.165) is 22.9 Å². The highest BCUT2D eigenvalue weighted by Gasteiger charge is 2.11. The van der Waals surface area contributed by atoms with Gasteiger partial charge in [-0.3, -0.25) is 0 Å². The maximum absolute atomic E-state index is 4.71. The lowest BCUT2D eigenvalue weighted by Crippen LogP contribution is -2.14. The maximum atomic E-state index is 4.71. The van der Waals surface area contributed by atoms with Crippen molar-refractivity contribution >= 4 is 23.1 Å². The van der Waals surface area contributed by atoms with E-state index in [-0.39, 0.29) is 0 Å². The molecule has 0 fully saturated rings. The third-order valence-electron chi connectivity index (χ3n) is 4.22. The summed E-state index contributed by atoms with van der Waals surface area (Å²) in [5.41, 5.74) is 6.79. The summed E-state index contributed by atoms with van der Waals surface area (Å²) in [4.78, 5) is 11.3. The van der Waals surface area contributed by atoms with Crippen molar-refractivity contribution in [3.05, 3.63) is 70.9 Å². The van der Waals surface area contributed by atoms with Crippen molar-refractivity contribution in [3.8, 4) is 0 Å². The molecule has 0 aliphatic rings. The van der Waals surface area contributed by atoms with Gasteiger partial charge in [0.2, 0.25) is 5.95 Å². The summed E-state index contributed by atoms with van der Waals surface area (Å²) in [6.45, 7) is 8.34. The Balaban J connectivity index is 1.95. The minimum atomic E-state index is 0.677. The smallest absolute Gasteiger partial charge is 0.231 e. The van der Waals surface area contributed by atoms with Gasteiger partial charge in [-0.25, -0.2) is 4.98 Å². The highest BCUT2D eigenvalue weighted by Crippen LogP contribution is 2.27. The molecule has 1 heterocycles. The second-order valence-electron chi connectivity index (χ2n) is 6.49. The second-order valence-corrected chi connectivity index (χ2v) is 6.49. The predicted molar refractivity (Wildman–Crippen MR) is 105 cm³/mol. The number of rotatable bonds is 4. The molecule has 0 bridgehead atoms. The van der Waals surface area contributed by atoms with Crippen LogP contribution in [0.4, 0.5) is 23.1 Å². The molecule has 4 nitrogen and oxygen atoms in total. The molecule has 0 radical (unpaired) electrons. The van der Waals surface area contributed by atoms with E-state index in [1.807, 2.05) is 55.3 Å². The Bertz CT molecular complexity index is 865. The topological polar surface area (TPSA) is 41.1 Å². The van der Waals surface area contributed by atoms with E-state index in [0.29, 0.717) is 5.95 Å². The van der Waals surface area contributed by atoms with Crippen molar-refractivity contribution in [1.82, 2.24) is 9.97 Å². The van der Waals surface area contributed by atoms with Crippen LogP contribution in [0.1, 0.15) is 22.4 Å². The molecule has 25 heavy (non-hydrogen) atoms. The zero-order chi connectivity index (χ0) is 18.0. The van der Waals surface area contributed by atoms with Crippen molar-refractivity contribution < 1.29 is 0 Å². The van der Waals surface area contributed by atoms with E-state index in [2.05, 4.69) is 43.2 Å². The van der Waals surface area contributed by atoms with E-state index in [9.17, 15) is 0 Å². The van der Waals surface area contributed by atoms with E-state index in [1.165, 1.54) is 16.7 Å². The van der Waals surface area contributed by atoms with Gasteiger partial charge in [-0.2, -0.15) is 4.98 Å². The van der Waals surface area contributed by atoms with Gasteiger partial charge in [0.15, 0.2) is 0 Å². The van der Waals surface area contributed by atoms with Crippen molar-refractivity contribution in [1.29, 1.82) is 0 Å². The van der Waals surface area contributed by atoms with Crippen LogP contribution >= 0.6 is 0 Å². The van der Waals surface area contributed by atoms with Gasteiger partial charge >= 0.3 is 0 Å². The minimum Gasteiger partial charge on any atom is -0.340 e. The van der Waals surface area contributed by atoms with Crippen LogP contribution in [0.2, 0.25) is 0 Å². The highest BCUT2D eigenvalue weighted by atomic mass is 15.3.